The number of rotatable bonds is 4. The minimum absolute atomic E-state index is 0.00292. The lowest BCUT2D eigenvalue weighted by Crippen LogP contribution is -2.44. The molecule has 1 N–H and O–H groups in total. The van der Waals surface area contributed by atoms with Crippen LogP contribution in [-0.2, 0) is 4.79 Å². The molecule has 0 saturated carbocycles. The van der Waals surface area contributed by atoms with Crippen molar-refractivity contribution in [3.8, 4) is 5.69 Å². The number of aromatic nitrogens is 2. The maximum atomic E-state index is 12.2. The summed E-state index contributed by atoms with van der Waals surface area (Å²) in [6.45, 7) is 7.79. The third kappa shape index (κ3) is 4.52. The second-order valence-electron chi connectivity index (χ2n) is 6.06. The normalized spacial score (nSPS) is 13.0. The van der Waals surface area contributed by atoms with Gasteiger partial charge in [-0.15, -0.1) is 0 Å². The molecule has 2 aromatic rings. The van der Waals surface area contributed by atoms with Crippen LogP contribution >= 0.6 is 23.4 Å². The van der Waals surface area contributed by atoms with E-state index in [1.807, 2.05) is 62.7 Å². The third-order valence-electron chi connectivity index (χ3n) is 2.86. The summed E-state index contributed by atoms with van der Waals surface area (Å²) in [7, 11) is 0. The van der Waals surface area contributed by atoms with Crippen LogP contribution in [0.25, 0.3) is 5.69 Å². The van der Waals surface area contributed by atoms with Crippen LogP contribution in [0, 0.1) is 0 Å². The standard InChI is InChI=1S/C16H20ClN3OS/c1-11(14(21)19-16(2,3)4)22-15-18-9-10-20(15)13-7-5-12(17)6-8-13/h5-11H,1-4H3,(H,19,21)/t11-/m1/s1. The van der Waals surface area contributed by atoms with Gasteiger partial charge in [0.25, 0.3) is 0 Å². The number of hydrogen-bond donors (Lipinski definition) is 1. The predicted molar refractivity (Wildman–Crippen MR) is 91.8 cm³/mol. The number of hydrogen-bond acceptors (Lipinski definition) is 3. The molecule has 6 heteroatoms. The number of imidazole rings is 1. The van der Waals surface area contributed by atoms with E-state index in [-0.39, 0.29) is 16.7 Å². The Morgan fingerprint density at radius 2 is 1.95 bits per heavy atom. The fourth-order valence-electron chi connectivity index (χ4n) is 1.86. The molecule has 118 valence electrons. The van der Waals surface area contributed by atoms with Crippen LogP contribution in [0.4, 0.5) is 0 Å². The molecule has 0 radical (unpaired) electrons. The lowest BCUT2D eigenvalue weighted by Gasteiger charge is -2.23. The molecule has 0 bridgehead atoms. The Balaban J connectivity index is 2.13. The van der Waals surface area contributed by atoms with Crippen LogP contribution in [0.3, 0.4) is 0 Å². The van der Waals surface area contributed by atoms with Crippen molar-refractivity contribution < 1.29 is 4.79 Å². The quantitative estimate of drug-likeness (QED) is 0.860. The van der Waals surface area contributed by atoms with Crippen LogP contribution in [0.15, 0.2) is 41.8 Å². The van der Waals surface area contributed by atoms with Gasteiger partial charge in [-0.1, -0.05) is 23.4 Å². The Morgan fingerprint density at radius 1 is 1.32 bits per heavy atom. The highest BCUT2D eigenvalue weighted by Crippen LogP contribution is 2.25. The van der Waals surface area contributed by atoms with E-state index in [1.54, 1.807) is 6.20 Å². The number of amides is 1. The van der Waals surface area contributed by atoms with Gasteiger partial charge in [0.15, 0.2) is 5.16 Å². The first-order chi connectivity index (χ1) is 10.3. The number of nitrogens with one attached hydrogen (secondary N) is 1. The summed E-state index contributed by atoms with van der Waals surface area (Å²) in [6, 6.07) is 7.52. The maximum Gasteiger partial charge on any atom is 0.233 e. The molecule has 0 aliphatic carbocycles. The second kappa shape index (κ2) is 6.75. The van der Waals surface area contributed by atoms with Gasteiger partial charge in [-0.2, -0.15) is 0 Å². The highest BCUT2D eigenvalue weighted by molar-refractivity contribution is 8.00. The zero-order valence-corrected chi connectivity index (χ0v) is 14.7. The van der Waals surface area contributed by atoms with E-state index in [0.717, 1.165) is 10.8 Å². The zero-order chi connectivity index (χ0) is 16.3. The van der Waals surface area contributed by atoms with Crippen molar-refractivity contribution in [3.63, 3.8) is 0 Å². The van der Waals surface area contributed by atoms with Gasteiger partial charge in [0, 0.05) is 28.6 Å². The Kier molecular flexibility index (Phi) is 5.19. The summed E-state index contributed by atoms with van der Waals surface area (Å²) in [5.74, 6) is 0.00292. The predicted octanol–water partition coefficient (Wildman–Crippen LogP) is 3.92. The first-order valence-electron chi connectivity index (χ1n) is 7.04. The van der Waals surface area contributed by atoms with E-state index in [9.17, 15) is 4.79 Å². The summed E-state index contributed by atoms with van der Waals surface area (Å²) in [5.41, 5.74) is 0.727. The van der Waals surface area contributed by atoms with Crippen molar-refractivity contribution in [1.82, 2.24) is 14.9 Å². The molecule has 4 nitrogen and oxygen atoms in total. The van der Waals surface area contributed by atoms with Gasteiger partial charge in [-0.3, -0.25) is 9.36 Å². The lowest BCUT2D eigenvalue weighted by atomic mass is 10.1. The fourth-order valence-corrected chi connectivity index (χ4v) is 2.87. The van der Waals surface area contributed by atoms with Crippen molar-refractivity contribution in [3.05, 3.63) is 41.7 Å². The average Bonchev–Trinajstić information content (AvgIpc) is 2.85. The topological polar surface area (TPSA) is 46.9 Å². The van der Waals surface area contributed by atoms with Gasteiger partial charge in [-0.05, 0) is 52.0 Å². The lowest BCUT2D eigenvalue weighted by molar-refractivity contribution is -0.121. The van der Waals surface area contributed by atoms with Gasteiger partial charge in [-0.25, -0.2) is 4.98 Å². The molecule has 0 fully saturated rings. The van der Waals surface area contributed by atoms with Gasteiger partial charge in [0.05, 0.1) is 5.25 Å². The Bertz CT molecular complexity index is 646. The van der Waals surface area contributed by atoms with Gasteiger partial charge in [0.2, 0.25) is 5.91 Å². The molecule has 1 atom stereocenters. The highest BCUT2D eigenvalue weighted by Gasteiger charge is 2.21. The molecule has 1 amide bonds. The molecule has 1 aromatic heterocycles. The highest BCUT2D eigenvalue weighted by atomic mass is 35.5. The molecule has 1 aromatic carbocycles. The second-order valence-corrected chi connectivity index (χ2v) is 7.80. The van der Waals surface area contributed by atoms with E-state index in [2.05, 4.69) is 10.3 Å². The van der Waals surface area contributed by atoms with Crippen molar-refractivity contribution in [2.45, 2.75) is 43.6 Å². The number of carbonyl (C=O) groups excluding carboxylic acids is 1. The molecule has 0 aliphatic heterocycles. The van der Waals surface area contributed by atoms with Crippen molar-refractivity contribution in [1.29, 1.82) is 0 Å². The van der Waals surface area contributed by atoms with Crippen molar-refractivity contribution >= 4 is 29.3 Å². The number of benzene rings is 1. The van der Waals surface area contributed by atoms with E-state index in [4.69, 9.17) is 11.6 Å². The van der Waals surface area contributed by atoms with E-state index < -0.39 is 0 Å². The van der Waals surface area contributed by atoms with Gasteiger partial charge in [0.1, 0.15) is 0 Å². The number of nitrogens with zero attached hydrogens (tertiary/aromatic N) is 2. The zero-order valence-electron chi connectivity index (χ0n) is 13.1. The van der Waals surface area contributed by atoms with Gasteiger partial charge >= 0.3 is 0 Å². The van der Waals surface area contributed by atoms with Gasteiger partial charge < -0.3 is 5.32 Å². The first kappa shape index (κ1) is 16.9. The minimum atomic E-state index is -0.239. The van der Waals surface area contributed by atoms with Crippen LogP contribution < -0.4 is 5.32 Å². The Hall–Kier alpha value is -1.46. The molecule has 1 heterocycles. The van der Waals surface area contributed by atoms with E-state index in [1.165, 1.54) is 11.8 Å². The fraction of sp³-hybridized carbons (Fsp3) is 0.375. The largest absolute Gasteiger partial charge is 0.351 e. The molecular weight excluding hydrogens is 318 g/mol. The summed E-state index contributed by atoms with van der Waals surface area (Å²) in [6.07, 6.45) is 3.60. The molecule has 22 heavy (non-hydrogen) atoms. The summed E-state index contributed by atoms with van der Waals surface area (Å²) < 4.78 is 1.95. The monoisotopic (exact) mass is 337 g/mol. The minimum Gasteiger partial charge on any atom is -0.351 e. The summed E-state index contributed by atoms with van der Waals surface area (Å²) >= 11 is 7.35. The van der Waals surface area contributed by atoms with Crippen LogP contribution in [0.1, 0.15) is 27.7 Å². The van der Waals surface area contributed by atoms with E-state index >= 15 is 0 Å². The molecule has 0 saturated heterocycles. The Labute approximate surface area is 140 Å². The Morgan fingerprint density at radius 3 is 2.55 bits per heavy atom. The van der Waals surface area contributed by atoms with Crippen LogP contribution in [0.5, 0.6) is 0 Å². The molecule has 0 aliphatic rings. The molecule has 2 rings (SSSR count). The first-order valence-corrected chi connectivity index (χ1v) is 8.30. The average molecular weight is 338 g/mol. The van der Waals surface area contributed by atoms with Crippen LogP contribution in [0.2, 0.25) is 5.02 Å². The SMILES string of the molecule is C[C@@H](Sc1nccn1-c1ccc(Cl)cc1)C(=O)NC(C)(C)C. The van der Waals surface area contributed by atoms with Crippen LogP contribution in [-0.4, -0.2) is 26.2 Å². The summed E-state index contributed by atoms with van der Waals surface area (Å²) in [5, 5.41) is 4.22. The molecular formula is C16H20ClN3OS. The molecule has 0 unspecified atom stereocenters. The summed E-state index contributed by atoms with van der Waals surface area (Å²) in [4.78, 5) is 16.5. The smallest absolute Gasteiger partial charge is 0.233 e. The van der Waals surface area contributed by atoms with E-state index in [0.29, 0.717) is 5.02 Å². The van der Waals surface area contributed by atoms with Crippen molar-refractivity contribution in [2.75, 3.05) is 0 Å². The number of thioether (sulfide) groups is 1. The molecule has 0 spiro atoms. The number of halogens is 1. The van der Waals surface area contributed by atoms with Crippen molar-refractivity contribution in [2.24, 2.45) is 0 Å². The third-order valence-corrected chi connectivity index (χ3v) is 4.19. The number of carbonyl (C=O) groups is 1. The maximum absolute atomic E-state index is 12.2.